The van der Waals surface area contributed by atoms with Crippen LogP contribution in [0.4, 0.5) is 0 Å². The normalized spacial score (nSPS) is 27.0. The SMILES string of the molecule is O=C(C(=O)C12C=CC=CC1O2)c1ccccc1.[Li]. The van der Waals surface area contributed by atoms with Crippen molar-refractivity contribution >= 4 is 30.4 Å². The summed E-state index contributed by atoms with van der Waals surface area (Å²) in [5.41, 5.74) is -0.620. The molecule has 1 fully saturated rings. The number of benzene rings is 1. The summed E-state index contributed by atoms with van der Waals surface area (Å²) >= 11 is 0. The smallest absolute Gasteiger partial charge is 0.242 e. The number of allylic oxidation sites excluding steroid dienone is 2. The molecule has 3 nitrogen and oxygen atoms in total. The van der Waals surface area contributed by atoms with Gasteiger partial charge in [-0.25, -0.2) is 0 Å². The Morgan fingerprint density at radius 1 is 1.11 bits per heavy atom. The Morgan fingerprint density at radius 3 is 2.50 bits per heavy atom. The zero-order valence-electron chi connectivity index (χ0n) is 10.00. The van der Waals surface area contributed by atoms with Crippen LogP contribution in [-0.2, 0) is 9.53 Å². The number of hydrogen-bond donors (Lipinski definition) is 0. The minimum atomic E-state index is -1.03. The number of carbonyl (C=O) groups is 2. The summed E-state index contributed by atoms with van der Waals surface area (Å²) in [6, 6.07) is 8.55. The number of ether oxygens (including phenoxy) is 1. The van der Waals surface area contributed by atoms with E-state index in [4.69, 9.17) is 4.74 Å². The van der Waals surface area contributed by atoms with Crippen LogP contribution in [0, 0.1) is 0 Å². The predicted molar refractivity (Wildman–Crippen MR) is 67.4 cm³/mol. The molecule has 1 heterocycles. The van der Waals surface area contributed by atoms with Gasteiger partial charge >= 0.3 is 0 Å². The molecule has 0 N–H and O–H groups in total. The maximum Gasteiger partial charge on any atom is 0.242 e. The second-order valence-corrected chi connectivity index (χ2v) is 4.10. The van der Waals surface area contributed by atoms with Crippen LogP contribution in [0.3, 0.4) is 0 Å². The average molecular weight is 233 g/mol. The molecule has 1 saturated heterocycles. The Bertz CT molecular complexity index is 547. The van der Waals surface area contributed by atoms with Crippen LogP contribution in [-0.4, -0.2) is 42.1 Å². The van der Waals surface area contributed by atoms with Crippen molar-refractivity contribution in [2.24, 2.45) is 0 Å². The molecule has 85 valence electrons. The standard InChI is InChI=1S/C14H10O3.Li/c15-12(10-6-2-1-3-7-10)13(16)14-9-5-4-8-11(14)17-14;/h1-9,11H;. The van der Waals surface area contributed by atoms with E-state index in [9.17, 15) is 9.59 Å². The van der Waals surface area contributed by atoms with Gasteiger partial charge in [0.25, 0.3) is 0 Å². The van der Waals surface area contributed by atoms with Crippen LogP contribution in [0.25, 0.3) is 0 Å². The summed E-state index contributed by atoms with van der Waals surface area (Å²) in [4.78, 5) is 24.1. The first-order valence-electron chi connectivity index (χ1n) is 5.42. The van der Waals surface area contributed by atoms with Crippen molar-refractivity contribution in [3.63, 3.8) is 0 Å². The summed E-state index contributed by atoms with van der Waals surface area (Å²) in [5.74, 6) is -0.984. The Morgan fingerprint density at radius 2 is 1.83 bits per heavy atom. The maximum atomic E-state index is 12.1. The van der Waals surface area contributed by atoms with Crippen molar-refractivity contribution in [1.82, 2.24) is 0 Å². The van der Waals surface area contributed by atoms with Gasteiger partial charge < -0.3 is 4.74 Å². The third-order valence-electron chi connectivity index (χ3n) is 3.03. The van der Waals surface area contributed by atoms with Gasteiger partial charge in [0.1, 0.15) is 6.10 Å². The van der Waals surface area contributed by atoms with E-state index in [1.165, 1.54) is 0 Å². The fourth-order valence-corrected chi connectivity index (χ4v) is 2.01. The van der Waals surface area contributed by atoms with Crippen LogP contribution in [0.1, 0.15) is 10.4 Å². The van der Waals surface area contributed by atoms with Crippen molar-refractivity contribution in [3.05, 3.63) is 60.2 Å². The van der Waals surface area contributed by atoms with Gasteiger partial charge in [-0.15, -0.1) is 0 Å². The molecule has 2 atom stereocenters. The molecule has 1 radical (unpaired) electrons. The van der Waals surface area contributed by atoms with Gasteiger partial charge in [0.2, 0.25) is 11.6 Å². The zero-order valence-corrected chi connectivity index (χ0v) is 10.00. The van der Waals surface area contributed by atoms with Crippen molar-refractivity contribution in [1.29, 1.82) is 0 Å². The quantitative estimate of drug-likeness (QED) is 0.342. The first kappa shape index (κ1) is 13.0. The van der Waals surface area contributed by atoms with Crippen LogP contribution >= 0.6 is 0 Å². The van der Waals surface area contributed by atoms with E-state index in [0.29, 0.717) is 5.56 Å². The van der Waals surface area contributed by atoms with E-state index < -0.39 is 17.2 Å². The van der Waals surface area contributed by atoms with E-state index in [2.05, 4.69) is 0 Å². The topological polar surface area (TPSA) is 46.7 Å². The molecule has 0 aromatic heterocycles. The van der Waals surface area contributed by atoms with E-state index in [1.54, 1.807) is 48.6 Å². The molecule has 0 bridgehead atoms. The van der Waals surface area contributed by atoms with Crippen LogP contribution < -0.4 is 0 Å². The van der Waals surface area contributed by atoms with Crippen molar-refractivity contribution in [3.8, 4) is 0 Å². The monoisotopic (exact) mass is 233 g/mol. The van der Waals surface area contributed by atoms with Crippen molar-refractivity contribution < 1.29 is 14.3 Å². The molecule has 3 rings (SSSR count). The molecule has 2 unspecified atom stereocenters. The first-order valence-corrected chi connectivity index (χ1v) is 5.42. The number of carbonyl (C=O) groups excluding carboxylic acids is 2. The largest absolute Gasteiger partial charge is 0.348 e. The Kier molecular flexibility index (Phi) is 3.40. The number of epoxide rings is 1. The molecule has 0 amide bonds. The van der Waals surface area contributed by atoms with Gasteiger partial charge in [0, 0.05) is 24.4 Å². The Balaban J connectivity index is 0.00000120. The summed E-state index contributed by atoms with van der Waals surface area (Å²) in [7, 11) is 0. The molecule has 1 aliphatic carbocycles. The third kappa shape index (κ3) is 1.91. The minimum absolute atomic E-state index is 0. The van der Waals surface area contributed by atoms with Crippen molar-refractivity contribution in [2.45, 2.75) is 11.7 Å². The molecule has 0 saturated carbocycles. The number of hydrogen-bond acceptors (Lipinski definition) is 3. The van der Waals surface area contributed by atoms with Gasteiger partial charge in [-0.3, -0.25) is 9.59 Å². The summed E-state index contributed by atoms with van der Waals surface area (Å²) < 4.78 is 5.33. The molecule has 2 aliphatic rings. The molecule has 1 aliphatic heterocycles. The van der Waals surface area contributed by atoms with Gasteiger partial charge in [0.05, 0.1) is 0 Å². The molecule has 4 heteroatoms. The number of rotatable bonds is 3. The summed E-state index contributed by atoms with van der Waals surface area (Å²) in [5, 5.41) is 0. The van der Waals surface area contributed by atoms with Crippen LogP contribution in [0.5, 0.6) is 0 Å². The maximum absolute atomic E-state index is 12.1. The van der Waals surface area contributed by atoms with Gasteiger partial charge in [-0.1, -0.05) is 48.6 Å². The fourth-order valence-electron chi connectivity index (χ4n) is 2.01. The molecule has 0 spiro atoms. The predicted octanol–water partition coefficient (Wildman–Crippen LogP) is 1.32. The molecular formula is C14H10LiO3. The van der Waals surface area contributed by atoms with E-state index in [0.717, 1.165) is 0 Å². The van der Waals surface area contributed by atoms with Gasteiger partial charge in [-0.2, -0.15) is 0 Å². The number of fused-ring (bicyclic) bond motifs is 1. The summed E-state index contributed by atoms with van der Waals surface area (Å²) in [6.45, 7) is 0. The Labute approximate surface area is 117 Å². The second-order valence-electron chi connectivity index (χ2n) is 4.10. The van der Waals surface area contributed by atoms with Crippen molar-refractivity contribution in [2.75, 3.05) is 0 Å². The van der Waals surface area contributed by atoms with E-state index in [-0.39, 0.29) is 25.0 Å². The van der Waals surface area contributed by atoms with Gasteiger partial charge in [-0.05, 0) is 6.08 Å². The second kappa shape index (κ2) is 4.70. The molecule has 18 heavy (non-hydrogen) atoms. The molecular weight excluding hydrogens is 223 g/mol. The minimum Gasteiger partial charge on any atom is -0.348 e. The average Bonchev–Trinajstić information content (AvgIpc) is 3.14. The molecule has 1 aromatic rings. The number of Topliss-reactive ketones (excluding diaryl/α,β-unsaturated/α-hetero) is 2. The number of ketones is 2. The fraction of sp³-hybridized carbons (Fsp3) is 0.143. The van der Waals surface area contributed by atoms with Crippen LogP contribution in [0.15, 0.2) is 54.6 Å². The Hall–Kier alpha value is -1.40. The summed E-state index contributed by atoms with van der Waals surface area (Å²) in [6.07, 6.45) is 6.72. The third-order valence-corrected chi connectivity index (χ3v) is 3.03. The van der Waals surface area contributed by atoms with E-state index in [1.807, 2.05) is 6.08 Å². The molecule has 1 aromatic carbocycles. The van der Waals surface area contributed by atoms with Crippen LogP contribution in [0.2, 0.25) is 0 Å². The first-order chi connectivity index (χ1) is 8.24. The van der Waals surface area contributed by atoms with E-state index >= 15 is 0 Å². The van der Waals surface area contributed by atoms with Gasteiger partial charge in [0.15, 0.2) is 5.60 Å². The zero-order chi connectivity index (χ0) is 11.9.